The van der Waals surface area contributed by atoms with Crippen LogP contribution in [-0.4, -0.2) is 76.7 Å². The molecular weight excluding hydrogens is 539 g/mol. The molecule has 0 bridgehead atoms. The Morgan fingerprint density at radius 1 is 1.12 bits per heavy atom. The minimum absolute atomic E-state index is 0.222. The van der Waals surface area contributed by atoms with E-state index in [9.17, 15) is 19.4 Å². The molecule has 2 atom stereocenters. The number of carbonyl (C=O) groups is 1. The predicted octanol–water partition coefficient (Wildman–Crippen LogP) is 3.84. The first-order chi connectivity index (χ1) is 19.9. The van der Waals surface area contributed by atoms with Gasteiger partial charge in [0.15, 0.2) is 0 Å². The van der Waals surface area contributed by atoms with Crippen molar-refractivity contribution in [2.75, 3.05) is 13.7 Å². The number of fused-ring (bicyclic) bond motifs is 3. The van der Waals surface area contributed by atoms with Gasteiger partial charge in [-0.05, 0) is 86.7 Å². The van der Waals surface area contributed by atoms with Crippen molar-refractivity contribution in [2.45, 2.75) is 63.8 Å². The van der Waals surface area contributed by atoms with Crippen molar-refractivity contribution in [3.05, 3.63) is 59.5 Å². The molecule has 0 spiro atoms. The maximum absolute atomic E-state index is 14.4. The minimum atomic E-state index is -1.39. The lowest BCUT2D eigenvalue weighted by Crippen LogP contribution is -2.60. The van der Waals surface area contributed by atoms with Crippen LogP contribution in [0.25, 0.3) is 33.8 Å². The minimum Gasteiger partial charge on any atom is -0.496 e. The molecule has 0 aliphatic carbocycles. The summed E-state index contributed by atoms with van der Waals surface area (Å²) in [6, 6.07) is 12.0. The SMILES string of the molecule is COc1cc2c(cc1-c1nnn(C)n1)-c1c(-c3ccc(F)cc3)cc(C(=O)N3CCC[C@@]3(C)[C@@H](O)C(C)(C)O)n1CC2. The number of ether oxygens (including phenoxy) is 1. The molecule has 2 aromatic heterocycles. The number of halogens is 1. The molecule has 2 aliphatic heterocycles. The molecule has 2 aromatic carbocycles. The van der Waals surface area contributed by atoms with Crippen LogP contribution in [0, 0.1) is 5.82 Å². The Bertz CT molecular complexity index is 1670. The Balaban J connectivity index is 1.54. The zero-order chi connectivity index (χ0) is 30.0. The molecule has 42 heavy (non-hydrogen) atoms. The molecule has 2 aliphatic rings. The Morgan fingerprint density at radius 3 is 2.50 bits per heavy atom. The molecule has 1 fully saturated rings. The van der Waals surface area contributed by atoms with Crippen LogP contribution in [-0.2, 0) is 20.0 Å². The molecule has 0 unspecified atom stereocenters. The van der Waals surface area contributed by atoms with Gasteiger partial charge in [-0.1, -0.05) is 12.1 Å². The van der Waals surface area contributed by atoms with Crippen molar-refractivity contribution in [1.82, 2.24) is 29.7 Å². The van der Waals surface area contributed by atoms with Gasteiger partial charge in [-0.25, -0.2) is 4.39 Å². The van der Waals surface area contributed by atoms with Gasteiger partial charge in [0.2, 0.25) is 5.82 Å². The van der Waals surface area contributed by atoms with E-state index in [4.69, 9.17) is 4.74 Å². The largest absolute Gasteiger partial charge is 0.496 e. The second-order valence-electron chi connectivity index (χ2n) is 12.0. The molecule has 4 heterocycles. The first kappa shape index (κ1) is 28.0. The van der Waals surface area contributed by atoms with Crippen LogP contribution >= 0.6 is 0 Å². The van der Waals surface area contributed by atoms with Gasteiger partial charge in [0.05, 0.1) is 36.6 Å². The molecular formula is C31H35FN6O4. The van der Waals surface area contributed by atoms with E-state index in [1.54, 1.807) is 45.0 Å². The Labute approximate surface area is 243 Å². The molecule has 4 aromatic rings. The predicted molar refractivity (Wildman–Crippen MR) is 154 cm³/mol. The highest BCUT2D eigenvalue weighted by Gasteiger charge is 2.50. The van der Waals surface area contributed by atoms with Gasteiger partial charge in [-0.15, -0.1) is 10.2 Å². The van der Waals surface area contributed by atoms with Gasteiger partial charge in [0.1, 0.15) is 23.4 Å². The third-order valence-electron chi connectivity index (χ3n) is 8.69. The molecule has 1 amide bonds. The van der Waals surface area contributed by atoms with Gasteiger partial charge >= 0.3 is 0 Å². The van der Waals surface area contributed by atoms with Crippen molar-refractivity contribution in [3.63, 3.8) is 0 Å². The maximum atomic E-state index is 14.4. The lowest BCUT2D eigenvalue weighted by molar-refractivity contribution is -0.108. The molecule has 6 rings (SSSR count). The van der Waals surface area contributed by atoms with Gasteiger partial charge in [-0.2, -0.15) is 4.80 Å². The third-order valence-corrected chi connectivity index (χ3v) is 8.69. The fourth-order valence-corrected chi connectivity index (χ4v) is 6.62. The molecule has 10 nitrogen and oxygen atoms in total. The summed E-state index contributed by atoms with van der Waals surface area (Å²) in [5, 5.41) is 34.4. The summed E-state index contributed by atoms with van der Waals surface area (Å²) in [5.74, 6) is 0.460. The van der Waals surface area contributed by atoms with E-state index < -0.39 is 17.2 Å². The fraction of sp³-hybridized carbons (Fsp3) is 0.419. The molecule has 1 saturated heterocycles. The standard InChI is InChI=1S/C31H35FN6O4/c1-30(2,41)29(40)31(3)12-6-13-38(31)28(39)24-17-22(18-7-9-20(32)10-8-18)26-21-16-23(27-33-35-36(4)34-27)25(42-5)15-19(21)11-14-37(24)26/h7-10,15-17,29,40-41H,6,11-14H2,1-5H3/t29-,31-/m0/s1. The van der Waals surface area contributed by atoms with Crippen molar-refractivity contribution >= 4 is 5.91 Å². The van der Waals surface area contributed by atoms with Crippen LogP contribution in [0.4, 0.5) is 4.39 Å². The summed E-state index contributed by atoms with van der Waals surface area (Å²) in [6.45, 7) is 5.96. The molecule has 0 saturated carbocycles. The Morgan fingerprint density at radius 2 is 1.86 bits per heavy atom. The maximum Gasteiger partial charge on any atom is 0.271 e. The quantitative estimate of drug-likeness (QED) is 0.359. The summed E-state index contributed by atoms with van der Waals surface area (Å²) in [7, 11) is 3.29. The smallest absolute Gasteiger partial charge is 0.271 e. The van der Waals surface area contributed by atoms with Gasteiger partial charge in [0, 0.05) is 24.2 Å². The first-order valence-electron chi connectivity index (χ1n) is 14.1. The zero-order valence-corrected chi connectivity index (χ0v) is 24.4. The van der Waals surface area contributed by atoms with Gasteiger partial charge in [-0.3, -0.25) is 4.79 Å². The molecule has 11 heteroatoms. The van der Waals surface area contributed by atoms with E-state index in [1.165, 1.54) is 16.9 Å². The number of benzene rings is 2. The van der Waals surface area contributed by atoms with E-state index in [2.05, 4.69) is 15.4 Å². The normalized spacial score (nSPS) is 19.0. The Kier molecular flexibility index (Phi) is 6.69. The van der Waals surface area contributed by atoms with Crippen LogP contribution in [0.1, 0.15) is 49.7 Å². The number of rotatable bonds is 6. The highest BCUT2D eigenvalue weighted by molar-refractivity contribution is 5.99. The summed E-state index contributed by atoms with van der Waals surface area (Å²) in [6.07, 6.45) is 0.789. The van der Waals surface area contributed by atoms with Gasteiger partial charge in [0.25, 0.3) is 5.91 Å². The third kappa shape index (κ3) is 4.47. The second-order valence-corrected chi connectivity index (χ2v) is 12.0. The van der Waals surface area contributed by atoms with Crippen LogP contribution < -0.4 is 4.74 Å². The summed E-state index contributed by atoms with van der Waals surface area (Å²) in [4.78, 5) is 17.5. The number of methoxy groups -OCH3 is 1. The average Bonchev–Trinajstić information content (AvgIpc) is 3.68. The lowest BCUT2D eigenvalue weighted by Gasteiger charge is -2.44. The first-order valence-corrected chi connectivity index (χ1v) is 14.1. The molecule has 0 radical (unpaired) electrons. The van der Waals surface area contributed by atoms with Crippen molar-refractivity contribution in [2.24, 2.45) is 7.05 Å². The average molecular weight is 575 g/mol. The lowest BCUT2D eigenvalue weighted by atomic mass is 9.82. The fourth-order valence-electron chi connectivity index (χ4n) is 6.62. The zero-order valence-electron chi connectivity index (χ0n) is 24.4. The molecule has 2 N–H and O–H groups in total. The van der Waals surface area contributed by atoms with E-state index in [1.807, 2.05) is 29.7 Å². The van der Waals surface area contributed by atoms with Crippen LogP contribution in [0.15, 0.2) is 42.5 Å². The van der Waals surface area contributed by atoms with Crippen molar-refractivity contribution in [3.8, 4) is 39.5 Å². The van der Waals surface area contributed by atoms with Crippen molar-refractivity contribution in [1.29, 1.82) is 0 Å². The van der Waals surface area contributed by atoms with E-state index >= 15 is 0 Å². The number of aromatic nitrogens is 5. The summed E-state index contributed by atoms with van der Waals surface area (Å²) < 4.78 is 21.7. The number of hydrogen-bond donors (Lipinski definition) is 2. The van der Waals surface area contributed by atoms with Gasteiger partial charge < -0.3 is 24.4 Å². The van der Waals surface area contributed by atoms with E-state index in [0.717, 1.165) is 27.9 Å². The highest BCUT2D eigenvalue weighted by atomic mass is 19.1. The van der Waals surface area contributed by atoms with Crippen molar-refractivity contribution < 1.29 is 24.1 Å². The number of aliphatic hydroxyl groups is 2. The number of nitrogens with zero attached hydrogens (tertiary/aromatic N) is 6. The van der Waals surface area contributed by atoms with E-state index in [-0.39, 0.29) is 11.7 Å². The summed E-state index contributed by atoms with van der Waals surface area (Å²) in [5.41, 5.74) is 3.11. The van der Waals surface area contributed by atoms with Crippen LogP contribution in [0.2, 0.25) is 0 Å². The number of carbonyl (C=O) groups excluding carboxylic acids is 1. The number of hydrogen-bond acceptors (Lipinski definition) is 7. The number of likely N-dealkylation sites (tertiary alicyclic amines) is 1. The van der Waals surface area contributed by atoms with Crippen LogP contribution in [0.3, 0.4) is 0 Å². The molecule has 220 valence electrons. The monoisotopic (exact) mass is 574 g/mol. The summed E-state index contributed by atoms with van der Waals surface area (Å²) >= 11 is 0. The number of tetrazole rings is 1. The second kappa shape index (κ2) is 10.0. The van der Waals surface area contributed by atoms with Crippen LogP contribution in [0.5, 0.6) is 5.75 Å². The topological polar surface area (TPSA) is 119 Å². The highest BCUT2D eigenvalue weighted by Crippen LogP contribution is 2.45. The Hall–Kier alpha value is -4.09. The van der Waals surface area contributed by atoms with E-state index in [0.29, 0.717) is 55.2 Å². The number of amides is 1. The number of aryl methyl sites for hydroxylation is 2. The number of aliphatic hydroxyl groups excluding tert-OH is 1.